The van der Waals surface area contributed by atoms with E-state index in [1.807, 2.05) is 24.3 Å². The Hall–Kier alpha value is -3.23. The Kier molecular flexibility index (Phi) is 6.83. The smallest absolute Gasteiger partial charge is 0.276 e. The molecular weight excluding hydrogens is 466 g/mol. The van der Waals surface area contributed by atoms with Crippen molar-refractivity contribution in [2.45, 2.75) is 45.6 Å². The molecule has 0 bridgehead atoms. The lowest BCUT2D eigenvalue weighted by molar-refractivity contribution is -0.126. The van der Waals surface area contributed by atoms with Crippen molar-refractivity contribution in [2.24, 2.45) is 5.92 Å². The second-order valence-electron chi connectivity index (χ2n) is 9.19. The summed E-state index contributed by atoms with van der Waals surface area (Å²) in [5, 5.41) is 12.1. The van der Waals surface area contributed by atoms with E-state index in [9.17, 15) is 9.59 Å². The van der Waals surface area contributed by atoms with Gasteiger partial charge in [-0.25, -0.2) is 4.68 Å². The molecule has 1 saturated heterocycles. The normalized spacial score (nSPS) is 18.2. The fourth-order valence-corrected chi connectivity index (χ4v) is 4.72. The Morgan fingerprint density at radius 1 is 1.09 bits per heavy atom. The molecule has 2 amide bonds. The molecule has 9 heteroatoms. The molecule has 0 unspecified atom stereocenters. The Balaban J connectivity index is 1.15. The monoisotopic (exact) mass is 493 g/mol. The quantitative estimate of drug-likeness (QED) is 0.585. The minimum Gasteiger partial charge on any atom is -0.365 e. The van der Waals surface area contributed by atoms with Gasteiger partial charge in [-0.3, -0.25) is 9.59 Å². The second kappa shape index (κ2) is 10.2. The summed E-state index contributed by atoms with van der Waals surface area (Å²) in [6.07, 6.45) is 1.12. The molecule has 5 rings (SSSR count). The minimum absolute atomic E-state index is 0.0173. The third-order valence-electron chi connectivity index (χ3n) is 6.78. The molecule has 35 heavy (non-hydrogen) atoms. The van der Waals surface area contributed by atoms with Gasteiger partial charge in [-0.2, -0.15) is 0 Å². The van der Waals surface area contributed by atoms with Gasteiger partial charge >= 0.3 is 0 Å². The molecule has 0 spiro atoms. The van der Waals surface area contributed by atoms with Crippen molar-refractivity contribution in [1.82, 2.24) is 25.2 Å². The fraction of sp³-hybridized carbons (Fsp3) is 0.385. The van der Waals surface area contributed by atoms with E-state index in [-0.39, 0.29) is 30.4 Å². The molecular formula is C26H28ClN5O3. The Morgan fingerprint density at radius 3 is 2.51 bits per heavy atom. The summed E-state index contributed by atoms with van der Waals surface area (Å²) < 4.78 is 7.83. The van der Waals surface area contributed by atoms with Crippen LogP contribution in [0.4, 0.5) is 0 Å². The molecule has 0 saturated carbocycles. The van der Waals surface area contributed by atoms with E-state index in [2.05, 4.69) is 46.8 Å². The number of ether oxygens (including phenoxy) is 1. The first-order chi connectivity index (χ1) is 17.0. The predicted octanol–water partition coefficient (Wildman–Crippen LogP) is 3.68. The van der Waals surface area contributed by atoms with E-state index >= 15 is 0 Å². The van der Waals surface area contributed by atoms with Gasteiger partial charge in [-0.15, -0.1) is 5.10 Å². The highest BCUT2D eigenvalue weighted by atomic mass is 35.5. The summed E-state index contributed by atoms with van der Waals surface area (Å²) in [4.78, 5) is 27.6. The highest BCUT2D eigenvalue weighted by molar-refractivity contribution is 6.30. The van der Waals surface area contributed by atoms with E-state index < -0.39 is 0 Å². The maximum Gasteiger partial charge on any atom is 0.276 e. The highest BCUT2D eigenvalue weighted by Crippen LogP contribution is 2.28. The Labute approximate surface area is 209 Å². The summed E-state index contributed by atoms with van der Waals surface area (Å²) in [7, 11) is 0. The number of hydrogen-bond donors (Lipinski definition) is 1. The van der Waals surface area contributed by atoms with Crippen LogP contribution in [0.15, 0.2) is 48.5 Å². The third kappa shape index (κ3) is 5.23. The van der Waals surface area contributed by atoms with Crippen molar-refractivity contribution < 1.29 is 14.3 Å². The van der Waals surface area contributed by atoms with Crippen molar-refractivity contribution >= 4 is 23.4 Å². The number of fused-ring (bicyclic) bond motifs is 1. The van der Waals surface area contributed by atoms with Gasteiger partial charge in [0.2, 0.25) is 5.91 Å². The number of hydrogen-bond acceptors (Lipinski definition) is 5. The number of amides is 2. The SMILES string of the molecule is Cc1ccc([C@H]2Cn3nnc(C(=O)N4CCC(C(=O)NCc5ccc(Cl)cc5)CC4)c3CO2)cc1. The molecule has 0 radical (unpaired) electrons. The molecule has 2 aliphatic rings. The number of nitrogens with one attached hydrogen (secondary N) is 1. The number of piperidine rings is 1. The average Bonchev–Trinajstić information content (AvgIpc) is 3.31. The zero-order valence-corrected chi connectivity index (χ0v) is 20.4. The lowest BCUT2D eigenvalue weighted by Crippen LogP contribution is -2.43. The van der Waals surface area contributed by atoms with Crippen molar-refractivity contribution in [3.63, 3.8) is 0 Å². The van der Waals surface area contributed by atoms with Crippen LogP contribution < -0.4 is 5.32 Å². The fourth-order valence-electron chi connectivity index (χ4n) is 4.59. The summed E-state index contributed by atoms with van der Waals surface area (Å²) in [6, 6.07) is 15.7. The largest absolute Gasteiger partial charge is 0.365 e. The highest BCUT2D eigenvalue weighted by Gasteiger charge is 2.33. The van der Waals surface area contributed by atoms with Gasteiger partial charge in [0.15, 0.2) is 5.69 Å². The maximum atomic E-state index is 13.2. The van der Waals surface area contributed by atoms with E-state index in [1.165, 1.54) is 5.56 Å². The molecule has 1 N–H and O–H groups in total. The summed E-state index contributed by atoms with van der Waals surface area (Å²) in [5.74, 6) is -0.244. The van der Waals surface area contributed by atoms with E-state index in [1.54, 1.807) is 9.58 Å². The first-order valence-electron chi connectivity index (χ1n) is 11.9. The molecule has 8 nitrogen and oxygen atoms in total. The molecule has 1 aromatic heterocycles. The minimum atomic E-state index is -0.149. The van der Waals surface area contributed by atoms with Crippen LogP contribution in [0.3, 0.4) is 0 Å². The molecule has 1 atom stereocenters. The molecule has 1 fully saturated rings. The first kappa shape index (κ1) is 23.5. The first-order valence-corrected chi connectivity index (χ1v) is 12.3. The lowest BCUT2D eigenvalue weighted by atomic mass is 9.95. The van der Waals surface area contributed by atoms with Gasteiger partial charge < -0.3 is 15.0 Å². The number of nitrogens with zero attached hydrogens (tertiary/aromatic N) is 4. The van der Waals surface area contributed by atoms with E-state index in [0.29, 0.717) is 55.4 Å². The molecule has 3 heterocycles. The summed E-state index contributed by atoms with van der Waals surface area (Å²) in [6.45, 7) is 4.35. The standard InChI is InChI=1S/C26H28ClN5O3/c1-17-2-6-19(7-3-17)23-15-32-22(16-35-23)24(29-30-32)26(34)31-12-10-20(11-13-31)25(33)28-14-18-4-8-21(27)9-5-18/h2-9,20,23H,10-16H2,1H3,(H,28,33)/t23-/m1/s1. The van der Waals surface area contributed by atoms with Gasteiger partial charge in [-0.05, 0) is 43.0 Å². The van der Waals surface area contributed by atoms with E-state index in [0.717, 1.165) is 11.1 Å². The number of carbonyl (C=O) groups is 2. The van der Waals surface area contributed by atoms with Crippen LogP contribution in [-0.2, 0) is 29.2 Å². The van der Waals surface area contributed by atoms with Gasteiger partial charge in [0.25, 0.3) is 5.91 Å². The van der Waals surface area contributed by atoms with Crippen molar-refractivity contribution in [1.29, 1.82) is 0 Å². The second-order valence-corrected chi connectivity index (χ2v) is 9.62. The van der Waals surface area contributed by atoms with Crippen LogP contribution >= 0.6 is 11.6 Å². The number of likely N-dealkylation sites (tertiary alicyclic amines) is 1. The number of aromatic nitrogens is 3. The van der Waals surface area contributed by atoms with Crippen molar-refractivity contribution in [3.8, 4) is 0 Å². The summed E-state index contributed by atoms with van der Waals surface area (Å²) in [5.41, 5.74) is 4.33. The van der Waals surface area contributed by atoms with Gasteiger partial charge in [0.1, 0.15) is 6.10 Å². The van der Waals surface area contributed by atoms with Gasteiger partial charge in [0.05, 0.1) is 18.8 Å². The van der Waals surface area contributed by atoms with Crippen molar-refractivity contribution in [3.05, 3.63) is 81.6 Å². The molecule has 182 valence electrons. The lowest BCUT2D eigenvalue weighted by Gasteiger charge is -2.31. The number of benzene rings is 2. The van der Waals surface area contributed by atoms with Crippen LogP contribution in [0.25, 0.3) is 0 Å². The maximum absolute atomic E-state index is 13.2. The number of halogens is 1. The van der Waals surface area contributed by atoms with Gasteiger partial charge in [0, 0.05) is 30.6 Å². The Morgan fingerprint density at radius 2 is 1.80 bits per heavy atom. The zero-order valence-electron chi connectivity index (χ0n) is 19.6. The van der Waals surface area contributed by atoms with Gasteiger partial charge in [-0.1, -0.05) is 58.8 Å². The molecule has 2 aliphatic heterocycles. The number of carbonyl (C=O) groups excluding carboxylic acids is 2. The van der Waals surface area contributed by atoms with Crippen LogP contribution in [0.1, 0.15) is 51.8 Å². The van der Waals surface area contributed by atoms with Crippen LogP contribution in [-0.4, -0.2) is 44.8 Å². The Bertz CT molecular complexity index is 1200. The number of rotatable bonds is 5. The van der Waals surface area contributed by atoms with Crippen LogP contribution in [0.2, 0.25) is 5.02 Å². The topological polar surface area (TPSA) is 89.4 Å². The molecule has 2 aromatic carbocycles. The van der Waals surface area contributed by atoms with Crippen LogP contribution in [0.5, 0.6) is 0 Å². The van der Waals surface area contributed by atoms with Crippen molar-refractivity contribution in [2.75, 3.05) is 13.1 Å². The average molecular weight is 494 g/mol. The zero-order chi connectivity index (χ0) is 24.4. The van der Waals surface area contributed by atoms with E-state index in [4.69, 9.17) is 16.3 Å². The molecule has 3 aromatic rings. The third-order valence-corrected chi connectivity index (χ3v) is 7.03. The number of aryl methyl sites for hydroxylation is 1. The summed E-state index contributed by atoms with van der Waals surface area (Å²) >= 11 is 5.91. The van der Waals surface area contributed by atoms with Crippen LogP contribution in [0, 0.1) is 12.8 Å². The molecule has 0 aliphatic carbocycles. The predicted molar refractivity (Wildman–Crippen MR) is 131 cm³/mol.